The highest BCUT2D eigenvalue weighted by Gasteiger charge is 2.19. The van der Waals surface area contributed by atoms with E-state index in [1.165, 1.54) is 0 Å². The summed E-state index contributed by atoms with van der Waals surface area (Å²) in [6.45, 7) is 4.38. The van der Waals surface area contributed by atoms with Gasteiger partial charge in [0.1, 0.15) is 0 Å². The monoisotopic (exact) mass is 128 g/mol. The lowest BCUT2D eigenvalue weighted by atomic mass is 9.96. The molecule has 0 radical (unpaired) electrons. The third kappa shape index (κ3) is 1.95. The lowest BCUT2D eigenvalue weighted by Gasteiger charge is -2.30. The molecule has 0 aliphatic carbocycles. The molecule has 2 heteroatoms. The maximum atomic E-state index is 5.78. The number of hydrogen-bond donors (Lipinski definition) is 2. The average Bonchev–Trinajstić information content (AvgIpc) is 1.59. The van der Waals surface area contributed by atoms with Crippen molar-refractivity contribution in [1.82, 2.24) is 5.32 Å². The Labute approximate surface area is 56.8 Å². The van der Waals surface area contributed by atoms with Crippen molar-refractivity contribution in [1.29, 1.82) is 0 Å². The normalized spacial score (nSPS) is 45.0. The van der Waals surface area contributed by atoms with E-state index in [0.29, 0.717) is 18.1 Å². The van der Waals surface area contributed by atoms with Gasteiger partial charge in [-0.3, -0.25) is 0 Å². The Kier molecular flexibility index (Phi) is 2.09. The molecule has 1 aliphatic heterocycles. The van der Waals surface area contributed by atoms with Crippen molar-refractivity contribution in [3.05, 3.63) is 0 Å². The average molecular weight is 128 g/mol. The fraction of sp³-hybridized carbons (Fsp3) is 1.00. The molecule has 0 saturated carbocycles. The SMILES string of the molecule is C[C@@H]1CC(N)C[C@H](C)N1. The van der Waals surface area contributed by atoms with Crippen LogP contribution in [-0.2, 0) is 0 Å². The largest absolute Gasteiger partial charge is 0.328 e. The highest BCUT2D eigenvalue weighted by molar-refractivity contribution is 4.82. The highest BCUT2D eigenvalue weighted by atomic mass is 15.0. The van der Waals surface area contributed by atoms with Crippen LogP contribution in [0.3, 0.4) is 0 Å². The van der Waals surface area contributed by atoms with Gasteiger partial charge in [-0.1, -0.05) is 0 Å². The first kappa shape index (κ1) is 7.03. The zero-order valence-electron chi connectivity index (χ0n) is 6.22. The van der Waals surface area contributed by atoms with Gasteiger partial charge < -0.3 is 11.1 Å². The molecule has 1 saturated heterocycles. The van der Waals surface area contributed by atoms with Crippen molar-refractivity contribution in [3.63, 3.8) is 0 Å². The van der Waals surface area contributed by atoms with Gasteiger partial charge in [-0.15, -0.1) is 0 Å². The van der Waals surface area contributed by atoms with Gasteiger partial charge in [0.05, 0.1) is 0 Å². The van der Waals surface area contributed by atoms with Gasteiger partial charge in [-0.05, 0) is 26.7 Å². The van der Waals surface area contributed by atoms with Crippen LogP contribution in [0.15, 0.2) is 0 Å². The van der Waals surface area contributed by atoms with Crippen molar-refractivity contribution in [3.8, 4) is 0 Å². The van der Waals surface area contributed by atoms with E-state index >= 15 is 0 Å². The van der Waals surface area contributed by atoms with Crippen molar-refractivity contribution in [2.75, 3.05) is 0 Å². The molecule has 0 aromatic rings. The van der Waals surface area contributed by atoms with E-state index in [0.717, 1.165) is 12.8 Å². The Morgan fingerprint density at radius 2 is 1.67 bits per heavy atom. The quantitative estimate of drug-likeness (QED) is 0.498. The third-order valence-electron chi connectivity index (χ3n) is 1.88. The van der Waals surface area contributed by atoms with E-state index in [1.807, 2.05) is 0 Å². The van der Waals surface area contributed by atoms with Crippen molar-refractivity contribution in [2.45, 2.75) is 44.8 Å². The molecular formula is C7H16N2. The van der Waals surface area contributed by atoms with Crippen LogP contribution in [0.1, 0.15) is 26.7 Å². The molecule has 2 nitrogen and oxygen atoms in total. The number of rotatable bonds is 0. The van der Waals surface area contributed by atoms with E-state index in [9.17, 15) is 0 Å². The van der Waals surface area contributed by atoms with Gasteiger partial charge in [0.25, 0.3) is 0 Å². The summed E-state index contributed by atoms with van der Waals surface area (Å²) in [5, 5.41) is 3.43. The Morgan fingerprint density at radius 3 is 2.00 bits per heavy atom. The maximum absolute atomic E-state index is 5.78. The Bertz CT molecular complexity index is 67.9. The minimum absolute atomic E-state index is 0.427. The van der Waals surface area contributed by atoms with Crippen molar-refractivity contribution in [2.24, 2.45) is 5.73 Å². The summed E-state index contributed by atoms with van der Waals surface area (Å²) < 4.78 is 0. The molecular weight excluding hydrogens is 112 g/mol. The summed E-state index contributed by atoms with van der Waals surface area (Å²) in [4.78, 5) is 0. The molecule has 1 heterocycles. The van der Waals surface area contributed by atoms with Crippen LogP contribution in [-0.4, -0.2) is 18.1 Å². The second-order valence-corrected chi connectivity index (χ2v) is 3.20. The lowest BCUT2D eigenvalue weighted by molar-refractivity contribution is 0.317. The molecule has 1 rings (SSSR count). The molecule has 54 valence electrons. The number of hydrogen-bond acceptors (Lipinski definition) is 2. The Hall–Kier alpha value is -0.0800. The highest BCUT2D eigenvalue weighted by Crippen LogP contribution is 2.10. The Morgan fingerprint density at radius 1 is 1.22 bits per heavy atom. The van der Waals surface area contributed by atoms with Crippen LogP contribution in [0.4, 0.5) is 0 Å². The van der Waals surface area contributed by atoms with Gasteiger partial charge >= 0.3 is 0 Å². The zero-order valence-corrected chi connectivity index (χ0v) is 6.22. The zero-order chi connectivity index (χ0) is 6.85. The molecule has 3 N–H and O–H groups in total. The molecule has 0 spiro atoms. The summed E-state index contributed by atoms with van der Waals surface area (Å²) in [6, 6.07) is 1.66. The number of nitrogens with one attached hydrogen (secondary N) is 1. The van der Waals surface area contributed by atoms with Gasteiger partial charge in [0, 0.05) is 18.1 Å². The van der Waals surface area contributed by atoms with E-state index in [1.54, 1.807) is 0 Å². The molecule has 0 aromatic heterocycles. The fourth-order valence-electron chi connectivity index (χ4n) is 1.63. The first-order valence-corrected chi connectivity index (χ1v) is 3.70. The molecule has 9 heavy (non-hydrogen) atoms. The first-order chi connectivity index (χ1) is 4.18. The van der Waals surface area contributed by atoms with Gasteiger partial charge in [-0.25, -0.2) is 0 Å². The predicted octanol–water partition coefficient (Wildman–Crippen LogP) is 0.474. The van der Waals surface area contributed by atoms with Crippen LogP contribution in [0, 0.1) is 0 Å². The number of nitrogens with two attached hydrogens (primary N) is 1. The van der Waals surface area contributed by atoms with E-state index in [-0.39, 0.29) is 0 Å². The van der Waals surface area contributed by atoms with Crippen LogP contribution in [0.2, 0.25) is 0 Å². The van der Waals surface area contributed by atoms with Crippen LogP contribution in [0.25, 0.3) is 0 Å². The predicted molar refractivity (Wildman–Crippen MR) is 39.3 cm³/mol. The van der Waals surface area contributed by atoms with E-state index in [4.69, 9.17) is 5.73 Å². The van der Waals surface area contributed by atoms with Gasteiger partial charge in [0.15, 0.2) is 0 Å². The van der Waals surface area contributed by atoms with Crippen LogP contribution >= 0.6 is 0 Å². The molecule has 1 aliphatic rings. The summed E-state index contributed by atoms with van der Waals surface area (Å²) in [6.07, 6.45) is 2.26. The summed E-state index contributed by atoms with van der Waals surface area (Å²) in [7, 11) is 0. The standard InChI is InChI=1S/C7H16N2/c1-5-3-7(8)4-6(2)9-5/h5-7,9H,3-4,8H2,1-2H3/t5-,6+,7?. The smallest absolute Gasteiger partial charge is 0.00682 e. The minimum atomic E-state index is 0.427. The third-order valence-corrected chi connectivity index (χ3v) is 1.88. The first-order valence-electron chi connectivity index (χ1n) is 3.70. The minimum Gasteiger partial charge on any atom is -0.328 e. The molecule has 1 fully saturated rings. The van der Waals surface area contributed by atoms with Gasteiger partial charge in [0.2, 0.25) is 0 Å². The molecule has 0 amide bonds. The van der Waals surface area contributed by atoms with Gasteiger partial charge in [-0.2, -0.15) is 0 Å². The molecule has 0 aromatic carbocycles. The molecule has 1 unspecified atom stereocenters. The van der Waals surface area contributed by atoms with Crippen molar-refractivity contribution < 1.29 is 0 Å². The lowest BCUT2D eigenvalue weighted by Crippen LogP contribution is -2.47. The van der Waals surface area contributed by atoms with E-state index < -0.39 is 0 Å². The Balaban J connectivity index is 2.34. The fourth-order valence-corrected chi connectivity index (χ4v) is 1.63. The summed E-state index contributed by atoms with van der Waals surface area (Å²) in [5.41, 5.74) is 5.78. The number of piperidine rings is 1. The second kappa shape index (κ2) is 2.67. The molecule has 0 bridgehead atoms. The van der Waals surface area contributed by atoms with Crippen LogP contribution in [0.5, 0.6) is 0 Å². The van der Waals surface area contributed by atoms with E-state index in [2.05, 4.69) is 19.2 Å². The van der Waals surface area contributed by atoms with Crippen molar-refractivity contribution >= 4 is 0 Å². The molecule has 3 atom stereocenters. The van der Waals surface area contributed by atoms with Crippen LogP contribution < -0.4 is 11.1 Å². The summed E-state index contributed by atoms with van der Waals surface area (Å²) in [5.74, 6) is 0. The maximum Gasteiger partial charge on any atom is 0.00682 e. The second-order valence-electron chi connectivity index (χ2n) is 3.20. The topological polar surface area (TPSA) is 38.0 Å². The summed E-state index contributed by atoms with van der Waals surface area (Å²) >= 11 is 0.